The highest BCUT2D eigenvalue weighted by Crippen LogP contribution is 2.44. The molecule has 2 N–H and O–H groups in total. The summed E-state index contributed by atoms with van der Waals surface area (Å²) in [6.07, 6.45) is 0. The lowest BCUT2D eigenvalue weighted by molar-refractivity contribution is 0.278. The number of aliphatic hydroxyl groups excluding tert-OH is 1. The molecule has 2 heteroatoms. The molecular formula is C19H32O2. The third kappa shape index (κ3) is 3.26. The zero-order valence-electron chi connectivity index (χ0n) is 14.9. The molecule has 0 atom stereocenters. The predicted molar refractivity (Wildman–Crippen MR) is 89.8 cm³/mol. The average molecular weight is 292 g/mol. The minimum absolute atomic E-state index is 0.00261. The van der Waals surface area contributed by atoms with E-state index >= 15 is 0 Å². The van der Waals surface area contributed by atoms with Crippen molar-refractivity contribution < 1.29 is 10.2 Å². The van der Waals surface area contributed by atoms with Gasteiger partial charge in [-0.25, -0.2) is 0 Å². The van der Waals surface area contributed by atoms with Crippen LogP contribution in [0.4, 0.5) is 0 Å². The minimum Gasteiger partial charge on any atom is -0.507 e. The van der Waals surface area contributed by atoms with Gasteiger partial charge in [0.25, 0.3) is 0 Å². The van der Waals surface area contributed by atoms with E-state index in [1.807, 2.05) is 12.1 Å². The molecule has 0 radical (unpaired) electrons. The van der Waals surface area contributed by atoms with Gasteiger partial charge in [0.15, 0.2) is 0 Å². The first-order chi connectivity index (χ1) is 9.46. The van der Waals surface area contributed by atoms with Crippen molar-refractivity contribution in [2.45, 2.75) is 72.8 Å². The molecule has 0 bridgehead atoms. The van der Waals surface area contributed by atoms with Gasteiger partial charge in [0.1, 0.15) is 5.75 Å². The van der Waals surface area contributed by atoms with Gasteiger partial charge in [0.2, 0.25) is 0 Å². The third-order valence-corrected chi connectivity index (χ3v) is 5.63. The van der Waals surface area contributed by atoms with Crippen LogP contribution in [-0.2, 0) is 17.4 Å². The molecule has 21 heavy (non-hydrogen) atoms. The summed E-state index contributed by atoms with van der Waals surface area (Å²) in [7, 11) is 0. The molecule has 0 fully saturated rings. The van der Waals surface area contributed by atoms with Crippen LogP contribution in [0, 0.1) is 11.8 Å². The SMILES string of the molecule is CC(C)C(C)(C)c1cc(CO)cc(C(C)(C)C(C)C)c1O. The Bertz CT molecular complexity index is 455. The summed E-state index contributed by atoms with van der Waals surface area (Å²) < 4.78 is 0. The first-order valence-corrected chi connectivity index (χ1v) is 7.93. The third-order valence-electron chi connectivity index (χ3n) is 5.63. The highest BCUT2D eigenvalue weighted by atomic mass is 16.3. The molecule has 1 aromatic carbocycles. The molecule has 120 valence electrons. The molecule has 1 rings (SSSR count). The molecule has 2 nitrogen and oxygen atoms in total. The Hall–Kier alpha value is -1.02. The van der Waals surface area contributed by atoms with Crippen molar-refractivity contribution in [2.75, 3.05) is 0 Å². The molecule has 0 aliphatic heterocycles. The van der Waals surface area contributed by atoms with Crippen molar-refractivity contribution in [1.82, 2.24) is 0 Å². The Morgan fingerprint density at radius 2 is 1.19 bits per heavy atom. The van der Waals surface area contributed by atoms with E-state index in [4.69, 9.17) is 0 Å². The van der Waals surface area contributed by atoms with E-state index < -0.39 is 0 Å². The smallest absolute Gasteiger partial charge is 0.123 e. The molecular weight excluding hydrogens is 260 g/mol. The molecule has 0 amide bonds. The number of hydrogen-bond acceptors (Lipinski definition) is 2. The standard InChI is InChI=1S/C19H32O2/c1-12(2)18(5,6)15-9-14(11-20)10-16(17(15)21)19(7,8)13(3)4/h9-10,12-13,20-21H,11H2,1-8H3. The molecule has 0 aromatic heterocycles. The van der Waals surface area contributed by atoms with Gasteiger partial charge in [0, 0.05) is 11.1 Å². The maximum atomic E-state index is 10.9. The van der Waals surface area contributed by atoms with Gasteiger partial charge in [-0.1, -0.05) is 55.4 Å². The Balaban J connectivity index is 3.63. The molecule has 0 heterocycles. The van der Waals surface area contributed by atoms with E-state index in [0.717, 1.165) is 16.7 Å². The molecule has 1 aromatic rings. The number of hydrogen-bond donors (Lipinski definition) is 2. The summed E-state index contributed by atoms with van der Waals surface area (Å²) in [5.41, 5.74) is 2.47. The fourth-order valence-corrected chi connectivity index (χ4v) is 2.39. The van der Waals surface area contributed by atoms with Crippen LogP contribution in [-0.4, -0.2) is 10.2 Å². The quantitative estimate of drug-likeness (QED) is 0.822. The lowest BCUT2D eigenvalue weighted by Crippen LogP contribution is -2.28. The molecule has 0 unspecified atom stereocenters. The topological polar surface area (TPSA) is 40.5 Å². The number of phenolic OH excluding ortho intramolecular Hbond substituents is 1. The molecule has 0 spiro atoms. The second-order valence-electron chi connectivity index (χ2n) is 7.95. The van der Waals surface area contributed by atoms with Gasteiger partial charge < -0.3 is 10.2 Å². The van der Waals surface area contributed by atoms with E-state index in [1.54, 1.807) is 0 Å². The Morgan fingerprint density at radius 1 is 0.857 bits per heavy atom. The fraction of sp³-hybridized carbons (Fsp3) is 0.684. The first-order valence-electron chi connectivity index (χ1n) is 7.93. The molecule has 0 aliphatic carbocycles. The van der Waals surface area contributed by atoms with Gasteiger partial charge in [-0.3, -0.25) is 0 Å². The summed E-state index contributed by atoms with van der Waals surface area (Å²) in [4.78, 5) is 0. The van der Waals surface area contributed by atoms with E-state index in [-0.39, 0.29) is 17.4 Å². The zero-order valence-corrected chi connectivity index (χ0v) is 14.9. The van der Waals surface area contributed by atoms with Crippen LogP contribution in [0.1, 0.15) is 72.1 Å². The van der Waals surface area contributed by atoms with Gasteiger partial charge in [-0.05, 0) is 40.4 Å². The lowest BCUT2D eigenvalue weighted by atomic mass is 9.69. The van der Waals surface area contributed by atoms with Crippen LogP contribution < -0.4 is 0 Å². The van der Waals surface area contributed by atoms with Crippen LogP contribution in [0.5, 0.6) is 5.75 Å². The summed E-state index contributed by atoms with van der Waals surface area (Å²) >= 11 is 0. The lowest BCUT2D eigenvalue weighted by Gasteiger charge is -2.36. The number of phenols is 1. The summed E-state index contributed by atoms with van der Waals surface area (Å²) in [5, 5.41) is 20.5. The summed E-state index contributed by atoms with van der Waals surface area (Å²) in [5.74, 6) is 1.18. The second-order valence-corrected chi connectivity index (χ2v) is 7.95. The van der Waals surface area contributed by atoms with E-state index in [1.165, 1.54) is 0 Å². The van der Waals surface area contributed by atoms with Crippen molar-refractivity contribution in [3.63, 3.8) is 0 Å². The van der Waals surface area contributed by atoms with Crippen LogP contribution in [0.3, 0.4) is 0 Å². The van der Waals surface area contributed by atoms with Crippen molar-refractivity contribution in [3.8, 4) is 5.75 Å². The average Bonchev–Trinajstić information content (AvgIpc) is 2.38. The fourth-order valence-electron chi connectivity index (χ4n) is 2.39. The van der Waals surface area contributed by atoms with Gasteiger partial charge in [-0.2, -0.15) is 0 Å². The van der Waals surface area contributed by atoms with Crippen molar-refractivity contribution in [1.29, 1.82) is 0 Å². The Morgan fingerprint density at radius 3 is 1.43 bits per heavy atom. The molecule has 0 saturated heterocycles. The highest BCUT2D eigenvalue weighted by Gasteiger charge is 2.34. The number of rotatable bonds is 5. The normalized spacial score (nSPS) is 13.3. The largest absolute Gasteiger partial charge is 0.507 e. The Kier molecular flexibility index (Phi) is 5.15. The highest BCUT2D eigenvalue weighted by molar-refractivity contribution is 5.50. The number of aromatic hydroxyl groups is 1. The van der Waals surface area contributed by atoms with Crippen molar-refractivity contribution in [3.05, 3.63) is 28.8 Å². The van der Waals surface area contributed by atoms with Crippen molar-refractivity contribution in [2.24, 2.45) is 11.8 Å². The summed E-state index contributed by atoms with van der Waals surface area (Å²) in [6, 6.07) is 3.91. The van der Waals surface area contributed by atoms with Crippen LogP contribution >= 0.6 is 0 Å². The number of benzene rings is 1. The summed E-state index contributed by atoms with van der Waals surface area (Å²) in [6.45, 7) is 17.3. The van der Waals surface area contributed by atoms with Gasteiger partial charge >= 0.3 is 0 Å². The van der Waals surface area contributed by atoms with Crippen LogP contribution in [0.2, 0.25) is 0 Å². The molecule has 0 aliphatic rings. The monoisotopic (exact) mass is 292 g/mol. The predicted octanol–water partition coefficient (Wildman–Crippen LogP) is 4.75. The van der Waals surface area contributed by atoms with Crippen LogP contribution in [0.25, 0.3) is 0 Å². The second kappa shape index (κ2) is 6.00. The van der Waals surface area contributed by atoms with Crippen LogP contribution in [0.15, 0.2) is 12.1 Å². The number of aliphatic hydroxyl groups is 1. The van der Waals surface area contributed by atoms with E-state index in [2.05, 4.69) is 55.4 Å². The first kappa shape index (κ1) is 18.0. The maximum absolute atomic E-state index is 10.9. The Labute approximate surface area is 130 Å². The van der Waals surface area contributed by atoms with E-state index in [9.17, 15) is 10.2 Å². The maximum Gasteiger partial charge on any atom is 0.123 e. The molecule has 0 saturated carbocycles. The van der Waals surface area contributed by atoms with Crippen molar-refractivity contribution >= 4 is 0 Å². The van der Waals surface area contributed by atoms with Gasteiger partial charge in [0.05, 0.1) is 6.61 Å². The van der Waals surface area contributed by atoms with Gasteiger partial charge in [-0.15, -0.1) is 0 Å². The minimum atomic E-state index is -0.142. The zero-order chi connectivity index (χ0) is 16.6. The van der Waals surface area contributed by atoms with E-state index in [0.29, 0.717) is 17.6 Å².